The minimum atomic E-state index is -0.522. The first-order valence-electron chi connectivity index (χ1n) is 12.7. The van der Waals surface area contributed by atoms with E-state index in [0.29, 0.717) is 29.3 Å². The van der Waals surface area contributed by atoms with E-state index in [1.165, 1.54) is 0 Å². The van der Waals surface area contributed by atoms with Crippen LogP contribution in [0.25, 0.3) is 0 Å². The van der Waals surface area contributed by atoms with Crippen LogP contribution in [0.15, 0.2) is 42.5 Å². The van der Waals surface area contributed by atoms with Gasteiger partial charge < -0.3 is 39.8 Å². The summed E-state index contributed by atoms with van der Waals surface area (Å²) in [6.45, 7) is 2.98. The zero-order chi connectivity index (χ0) is 25.9. The third-order valence-electron chi connectivity index (χ3n) is 7.36. The van der Waals surface area contributed by atoms with E-state index in [9.17, 15) is 14.7 Å². The van der Waals surface area contributed by atoms with Crippen molar-refractivity contribution in [2.45, 2.75) is 37.1 Å². The van der Waals surface area contributed by atoms with E-state index in [-0.39, 0.29) is 43.1 Å². The average molecular weight is 511 g/mol. The number of aliphatic hydroxyl groups is 1. The van der Waals surface area contributed by atoms with Gasteiger partial charge in [0.25, 0.3) is 0 Å². The van der Waals surface area contributed by atoms with E-state index < -0.39 is 6.10 Å². The Balaban J connectivity index is 1.25. The summed E-state index contributed by atoms with van der Waals surface area (Å²) in [5.41, 5.74) is 2.23. The van der Waals surface area contributed by atoms with Gasteiger partial charge in [0.2, 0.25) is 5.91 Å². The molecule has 10 heteroatoms. The van der Waals surface area contributed by atoms with Crippen LogP contribution in [0.5, 0.6) is 11.5 Å². The second-order valence-corrected chi connectivity index (χ2v) is 9.85. The molecule has 2 fully saturated rings. The quantitative estimate of drug-likeness (QED) is 0.547. The van der Waals surface area contributed by atoms with E-state index in [4.69, 9.17) is 14.2 Å². The molecule has 3 N–H and O–H groups in total. The van der Waals surface area contributed by atoms with Crippen LogP contribution < -0.4 is 20.1 Å². The molecular formula is C27H34N4O6. The number of carbonyl (C=O) groups excluding carboxylic acids is 2. The van der Waals surface area contributed by atoms with Crippen LogP contribution in [-0.4, -0.2) is 92.1 Å². The Labute approximate surface area is 216 Å². The first kappa shape index (κ1) is 25.3. The summed E-state index contributed by atoms with van der Waals surface area (Å²) < 4.78 is 17.4. The van der Waals surface area contributed by atoms with Gasteiger partial charge in [-0.1, -0.05) is 0 Å². The molecule has 5 rings (SSSR count). The van der Waals surface area contributed by atoms with Crippen molar-refractivity contribution in [3.05, 3.63) is 48.0 Å². The number of carbonyl (C=O) groups is 2. The highest BCUT2D eigenvalue weighted by Crippen LogP contribution is 2.47. The molecule has 2 aromatic carbocycles. The van der Waals surface area contributed by atoms with E-state index >= 15 is 0 Å². The summed E-state index contributed by atoms with van der Waals surface area (Å²) in [5, 5.41) is 15.7. The normalized spacial score (nSPS) is 25.0. The summed E-state index contributed by atoms with van der Waals surface area (Å²) in [5.74, 6) is 1.46. The van der Waals surface area contributed by atoms with Gasteiger partial charge in [0.1, 0.15) is 23.7 Å². The molecule has 2 saturated heterocycles. The highest BCUT2D eigenvalue weighted by Gasteiger charge is 2.46. The number of hydrogen-bond donors (Lipinski definition) is 3. The number of aliphatic hydroxyl groups excluding tert-OH is 1. The van der Waals surface area contributed by atoms with Gasteiger partial charge in [-0.05, 0) is 55.9 Å². The molecule has 0 aromatic heterocycles. The van der Waals surface area contributed by atoms with Crippen molar-refractivity contribution < 1.29 is 28.9 Å². The number of anilines is 2. The number of benzene rings is 2. The summed E-state index contributed by atoms with van der Waals surface area (Å²) in [7, 11) is 3.65. The highest BCUT2D eigenvalue weighted by molar-refractivity contribution is 5.99. The molecule has 198 valence electrons. The summed E-state index contributed by atoms with van der Waals surface area (Å²) in [4.78, 5) is 29.6. The van der Waals surface area contributed by atoms with Gasteiger partial charge in [0.05, 0.1) is 26.2 Å². The molecule has 0 bridgehead atoms. The molecule has 2 aromatic rings. The lowest BCUT2D eigenvalue weighted by Gasteiger charge is -2.38. The van der Waals surface area contributed by atoms with Gasteiger partial charge in [-0.25, -0.2) is 4.79 Å². The molecule has 3 amide bonds. The summed E-state index contributed by atoms with van der Waals surface area (Å²) in [6.07, 6.45) is -0.282. The zero-order valence-corrected chi connectivity index (χ0v) is 21.2. The molecule has 3 aliphatic rings. The summed E-state index contributed by atoms with van der Waals surface area (Å²) >= 11 is 0. The Morgan fingerprint density at radius 3 is 2.46 bits per heavy atom. The third kappa shape index (κ3) is 5.66. The monoisotopic (exact) mass is 510 g/mol. The number of rotatable bonds is 6. The van der Waals surface area contributed by atoms with Crippen molar-refractivity contribution in [1.29, 1.82) is 0 Å². The van der Waals surface area contributed by atoms with Crippen LogP contribution in [0.3, 0.4) is 0 Å². The Bertz CT molecular complexity index is 1120. The molecule has 0 unspecified atom stereocenters. The SMILES string of the molecule is COc1ccc(NC(=O)Nc2ccc3c(c2)[C@@H]2C[C@@H](CC(=O)N4CCN(C)CC4)O[C@H](CO)[C@@H]2O3)cc1. The molecule has 10 nitrogen and oxygen atoms in total. The minimum absolute atomic E-state index is 0.0439. The fourth-order valence-corrected chi connectivity index (χ4v) is 5.31. The Hall–Kier alpha value is -3.34. The van der Waals surface area contributed by atoms with Gasteiger partial charge in [0, 0.05) is 49.0 Å². The van der Waals surface area contributed by atoms with Gasteiger partial charge in [-0.3, -0.25) is 4.79 Å². The van der Waals surface area contributed by atoms with Gasteiger partial charge >= 0.3 is 6.03 Å². The largest absolute Gasteiger partial charge is 0.497 e. The van der Waals surface area contributed by atoms with Crippen LogP contribution in [0.1, 0.15) is 24.3 Å². The van der Waals surface area contributed by atoms with Crippen molar-refractivity contribution in [2.75, 3.05) is 57.6 Å². The summed E-state index contributed by atoms with van der Waals surface area (Å²) in [6, 6.07) is 12.2. The number of ether oxygens (including phenoxy) is 3. The molecule has 0 saturated carbocycles. The predicted octanol–water partition coefficient (Wildman–Crippen LogP) is 2.50. The fourth-order valence-electron chi connectivity index (χ4n) is 5.31. The molecule has 0 spiro atoms. The van der Waals surface area contributed by atoms with Gasteiger partial charge in [0.15, 0.2) is 0 Å². The van der Waals surface area contributed by atoms with Crippen LogP contribution in [-0.2, 0) is 9.53 Å². The molecular weight excluding hydrogens is 476 g/mol. The lowest BCUT2D eigenvalue weighted by molar-refractivity contribution is -0.150. The standard InChI is InChI=1S/C27H34N4O6/c1-30-9-11-31(12-10-30)25(33)15-20-14-22-21-13-18(5-8-23(21)37-26(22)24(16-32)36-20)29-27(34)28-17-3-6-19(35-2)7-4-17/h3-8,13,20,22,24,26,32H,9-12,14-16H2,1-2H3,(H2,28,29,34)/t20-,22-,24+,26+/m0/s1. The number of urea groups is 1. The topological polar surface area (TPSA) is 113 Å². The van der Waals surface area contributed by atoms with Gasteiger partial charge in [-0.2, -0.15) is 0 Å². The second-order valence-electron chi connectivity index (χ2n) is 9.85. The number of piperazine rings is 1. The van der Waals surface area contributed by atoms with Crippen molar-refractivity contribution >= 4 is 23.3 Å². The molecule has 37 heavy (non-hydrogen) atoms. The molecule has 3 heterocycles. The average Bonchev–Trinajstić information content (AvgIpc) is 3.27. The van der Waals surface area contributed by atoms with Crippen LogP contribution in [0, 0.1) is 0 Å². The number of fused-ring (bicyclic) bond motifs is 3. The molecule has 0 aliphatic carbocycles. The van der Waals surface area contributed by atoms with Crippen molar-refractivity contribution in [2.24, 2.45) is 0 Å². The smallest absolute Gasteiger partial charge is 0.323 e. The molecule has 0 radical (unpaired) electrons. The lowest BCUT2D eigenvalue weighted by Crippen LogP contribution is -2.50. The van der Waals surface area contributed by atoms with E-state index in [1.807, 2.05) is 17.0 Å². The second kappa shape index (κ2) is 11.0. The van der Waals surface area contributed by atoms with Crippen LogP contribution in [0.4, 0.5) is 16.2 Å². The Morgan fingerprint density at radius 2 is 1.76 bits per heavy atom. The van der Waals surface area contributed by atoms with Crippen LogP contribution in [0.2, 0.25) is 0 Å². The molecule has 3 aliphatic heterocycles. The maximum Gasteiger partial charge on any atom is 0.323 e. The zero-order valence-electron chi connectivity index (χ0n) is 21.2. The van der Waals surface area contributed by atoms with E-state index in [2.05, 4.69) is 22.6 Å². The Kier molecular flexibility index (Phi) is 7.50. The van der Waals surface area contributed by atoms with Crippen molar-refractivity contribution in [1.82, 2.24) is 9.80 Å². The van der Waals surface area contributed by atoms with E-state index in [0.717, 1.165) is 31.7 Å². The maximum atomic E-state index is 12.9. The fraction of sp³-hybridized carbons (Fsp3) is 0.481. The number of nitrogens with zero attached hydrogens (tertiary/aromatic N) is 2. The maximum absolute atomic E-state index is 12.9. The number of amides is 3. The number of nitrogens with one attached hydrogen (secondary N) is 2. The lowest BCUT2D eigenvalue weighted by atomic mass is 9.84. The van der Waals surface area contributed by atoms with Crippen molar-refractivity contribution in [3.63, 3.8) is 0 Å². The van der Waals surface area contributed by atoms with Gasteiger partial charge in [-0.15, -0.1) is 0 Å². The number of hydrogen-bond acceptors (Lipinski definition) is 7. The minimum Gasteiger partial charge on any atom is -0.497 e. The highest BCUT2D eigenvalue weighted by atomic mass is 16.6. The van der Waals surface area contributed by atoms with Crippen LogP contribution >= 0.6 is 0 Å². The van der Waals surface area contributed by atoms with Crippen molar-refractivity contribution in [3.8, 4) is 11.5 Å². The predicted molar refractivity (Wildman–Crippen MR) is 138 cm³/mol. The first-order valence-corrected chi connectivity index (χ1v) is 12.7. The third-order valence-corrected chi connectivity index (χ3v) is 7.36. The Morgan fingerprint density at radius 1 is 1.05 bits per heavy atom. The first-order chi connectivity index (χ1) is 17.9. The number of likely N-dealkylation sites (N-methyl/N-ethyl adjacent to an activating group) is 1. The number of methoxy groups -OCH3 is 1. The molecule has 4 atom stereocenters. The van der Waals surface area contributed by atoms with E-state index in [1.54, 1.807) is 37.4 Å².